The van der Waals surface area contributed by atoms with Crippen molar-refractivity contribution in [2.75, 3.05) is 11.3 Å². The van der Waals surface area contributed by atoms with Gasteiger partial charge in [0.2, 0.25) is 0 Å². The van der Waals surface area contributed by atoms with Gasteiger partial charge in [-0.05, 0) is 55.0 Å². The van der Waals surface area contributed by atoms with Gasteiger partial charge >= 0.3 is 0 Å². The first-order valence-corrected chi connectivity index (χ1v) is 12.5. The fraction of sp³-hybridized carbons (Fsp3) is 0.0833. The summed E-state index contributed by atoms with van der Waals surface area (Å²) in [6.45, 7) is 5.06. The molecular formula is C24H18N4O5S2. The van der Waals surface area contributed by atoms with Gasteiger partial charge in [0.25, 0.3) is 21.8 Å². The number of sulfonamides is 1. The van der Waals surface area contributed by atoms with Crippen LogP contribution in [0.5, 0.6) is 0 Å². The van der Waals surface area contributed by atoms with Crippen molar-refractivity contribution in [3.05, 3.63) is 83.1 Å². The second-order valence-corrected chi connectivity index (χ2v) is 9.93. The standard InChI is InChI=1S/C24H18N4O5S2/c1-3-11-28-22(29)19(15(2)20(14-25)23(28)30)13-17-6-9-21(33-17)16-4-7-18(8-5-16)35(31,32)27-24-26-10-12-34-24/h3-10,12-13H,1,11H2,2H3,(H,26,27)/b19-13+. The van der Waals surface area contributed by atoms with E-state index in [-0.39, 0.29) is 33.3 Å². The third kappa shape index (κ3) is 4.70. The van der Waals surface area contributed by atoms with Crippen LogP contribution in [0.25, 0.3) is 17.4 Å². The van der Waals surface area contributed by atoms with Gasteiger partial charge in [0.05, 0.1) is 4.90 Å². The monoisotopic (exact) mass is 506 g/mol. The number of hydrogen-bond acceptors (Lipinski definition) is 8. The lowest BCUT2D eigenvalue weighted by Gasteiger charge is -2.26. The summed E-state index contributed by atoms with van der Waals surface area (Å²) in [4.78, 5) is 30.2. The highest BCUT2D eigenvalue weighted by Crippen LogP contribution is 2.30. The van der Waals surface area contributed by atoms with Crippen molar-refractivity contribution >= 4 is 44.4 Å². The van der Waals surface area contributed by atoms with Crippen LogP contribution >= 0.6 is 11.3 Å². The van der Waals surface area contributed by atoms with E-state index in [9.17, 15) is 23.3 Å². The molecule has 1 aliphatic rings. The zero-order chi connectivity index (χ0) is 25.2. The first kappa shape index (κ1) is 23.9. The molecule has 1 aliphatic heterocycles. The lowest BCUT2D eigenvalue weighted by atomic mass is 9.94. The zero-order valence-electron chi connectivity index (χ0n) is 18.4. The van der Waals surface area contributed by atoms with Crippen LogP contribution in [0.3, 0.4) is 0 Å². The third-order valence-corrected chi connectivity index (χ3v) is 7.33. The number of rotatable bonds is 7. The normalized spacial score (nSPS) is 15.4. The van der Waals surface area contributed by atoms with Crippen molar-refractivity contribution in [2.24, 2.45) is 0 Å². The van der Waals surface area contributed by atoms with E-state index in [1.807, 2.05) is 6.07 Å². The van der Waals surface area contributed by atoms with Gasteiger partial charge in [0.15, 0.2) is 5.13 Å². The van der Waals surface area contributed by atoms with Crippen molar-refractivity contribution in [3.63, 3.8) is 0 Å². The van der Waals surface area contributed by atoms with Gasteiger partial charge in [0.1, 0.15) is 23.2 Å². The fourth-order valence-corrected chi connectivity index (χ4v) is 5.19. The minimum Gasteiger partial charge on any atom is -0.457 e. The van der Waals surface area contributed by atoms with Crippen molar-refractivity contribution in [1.82, 2.24) is 9.88 Å². The van der Waals surface area contributed by atoms with E-state index in [2.05, 4.69) is 16.3 Å². The molecule has 176 valence electrons. The molecule has 0 bridgehead atoms. The lowest BCUT2D eigenvalue weighted by molar-refractivity contribution is -0.139. The number of carbonyl (C=O) groups excluding carboxylic acids is 2. The van der Waals surface area contributed by atoms with Crippen LogP contribution in [-0.4, -0.2) is 36.7 Å². The Labute approximate surface area is 205 Å². The van der Waals surface area contributed by atoms with E-state index in [0.717, 1.165) is 4.90 Å². The van der Waals surface area contributed by atoms with Gasteiger partial charge in [-0.25, -0.2) is 13.4 Å². The van der Waals surface area contributed by atoms with Crippen LogP contribution in [0.2, 0.25) is 0 Å². The van der Waals surface area contributed by atoms with Crippen LogP contribution in [-0.2, 0) is 19.6 Å². The van der Waals surface area contributed by atoms with Crippen molar-refractivity contribution in [1.29, 1.82) is 5.26 Å². The quantitative estimate of drug-likeness (QED) is 0.291. The molecule has 9 nitrogen and oxygen atoms in total. The number of nitriles is 1. The summed E-state index contributed by atoms with van der Waals surface area (Å²) < 4.78 is 33.3. The molecule has 0 saturated carbocycles. The summed E-state index contributed by atoms with van der Waals surface area (Å²) in [5.74, 6) is -0.439. The number of furan rings is 1. The number of anilines is 1. The van der Waals surface area contributed by atoms with E-state index in [1.165, 1.54) is 48.7 Å². The minimum atomic E-state index is -3.78. The molecule has 0 unspecified atom stereocenters. The third-order valence-electron chi connectivity index (χ3n) is 5.15. The fourth-order valence-electron chi connectivity index (χ4n) is 3.40. The van der Waals surface area contributed by atoms with E-state index < -0.39 is 21.8 Å². The first-order chi connectivity index (χ1) is 16.7. The second-order valence-electron chi connectivity index (χ2n) is 7.35. The van der Waals surface area contributed by atoms with Crippen molar-refractivity contribution in [3.8, 4) is 17.4 Å². The van der Waals surface area contributed by atoms with Gasteiger partial charge in [0, 0.05) is 29.3 Å². The van der Waals surface area contributed by atoms with E-state index in [0.29, 0.717) is 17.1 Å². The van der Waals surface area contributed by atoms with E-state index >= 15 is 0 Å². The molecule has 0 saturated heterocycles. The molecule has 0 atom stereocenters. The van der Waals surface area contributed by atoms with E-state index in [4.69, 9.17) is 4.42 Å². The second kappa shape index (κ2) is 9.54. The summed E-state index contributed by atoms with van der Waals surface area (Å²) >= 11 is 1.17. The summed E-state index contributed by atoms with van der Waals surface area (Å²) in [5, 5.41) is 11.3. The summed E-state index contributed by atoms with van der Waals surface area (Å²) in [6.07, 6.45) is 4.38. The minimum absolute atomic E-state index is 0.0243. The number of benzene rings is 1. The van der Waals surface area contributed by atoms with Crippen LogP contribution in [0.4, 0.5) is 5.13 Å². The molecule has 2 amide bonds. The molecule has 0 radical (unpaired) electrons. The zero-order valence-corrected chi connectivity index (χ0v) is 20.0. The Hall–Kier alpha value is -4.27. The molecular weight excluding hydrogens is 488 g/mol. The van der Waals surface area contributed by atoms with Crippen molar-refractivity contribution in [2.45, 2.75) is 11.8 Å². The Bertz CT molecular complexity index is 1520. The molecule has 0 spiro atoms. The van der Waals surface area contributed by atoms with Crippen LogP contribution in [0, 0.1) is 11.3 Å². The molecule has 0 fully saturated rings. The molecule has 4 rings (SSSR count). The van der Waals surface area contributed by atoms with Gasteiger partial charge in [-0.3, -0.25) is 19.2 Å². The Morgan fingerprint density at radius 2 is 1.94 bits per heavy atom. The van der Waals surface area contributed by atoms with Crippen LogP contribution in [0.1, 0.15) is 12.7 Å². The van der Waals surface area contributed by atoms with Gasteiger partial charge in [-0.15, -0.1) is 17.9 Å². The van der Waals surface area contributed by atoms with Crippen LogP contribution in [0.15, 0.2) is 86.7 Å². The highest BCUT2D eigenvalue weighted by atomic mass is 32.2. The SMILES string of the molecule is C=CCN1C(=O)C(C#N)=C(C)/C(=C\c2ccc(-c3ccc(S(=O)(=O)Nc4nccs4)cc3)o2)C1=O. The van der Waals surface area contributed by atoms with Gasteiger partial charge < -0.3 is 4.42 Å². The van der Waals surface area contributed by atoms with Gasteiger partial charge in [-0.1, -0.05) is 6.08 Å². The lowest BCUT2D eigenvalue weighted by Crippen LogP contribution is -2.42. The average Bonchev–Trinajstić information content (AvgIpc) is 3.52. The predicted octanol–water partition coefficient (Wildman–Crippen LogP) is 3.98. The summed E-state index contributed by atoms with van der Waals surface area (Å²) in [5.41, 5.74) is 0.931. The molecule has 1 N–H and O–H groups in total. The largest absolute Gasteiger partial charge is 0.457 e. The number of carbonyl (C=O) groups is 2. The molecule has 3 heterocycles. The topological polar surface area (TPSA) is 133 Å². The maximum Gasteiger partial charge on any atom is 0.271 e. The van der Waals surface area contributed by atoms with Crippen molar-refractivity contribution < 1.29 is 22.4 Å². The highest BCUT2D eigenvalue weighted by Gasteiger charge is 2.34. The maximum atomic E-state index is 12.9. The Balaban J connectivity index is 1.61. The van der Waals surface area contributed by atoms with Crippen LogP contribution < -0.4 is 4.72 Å². The van der Waals surface area contributed by atoms with E-state index in [1.54, 1.807) is 29.6 Å². The summed E-state index contributed by atoms with van der Waals surface area (Å²) in [7, 11) is -3.78. The molecule has 0 aliphatic carbocycles. The number of nitrogens with zero attached hydrogens (tertiary/aromatic N) is 3. The molecule has 3 aromatic rings. The highest BCUT2D eigenvalue weighted by molar-refractivity contribution is 7.93. The summed E-state index contributed by atoms with van der Waals surface area (Å²) in [6, 6.07) is 11.3. The van der Waals surface area contributed by atoms with Gasteiger partial charge in [-0.2, -0.15) is 5.26 Å². The number of thiazole rings is 1. The number of aromatic nitrogens is 1. The first-order valence-electron chi connectivity index (χ1n) is 10.2. The number of hydrogen-bond donors (Lipinski definition) is 1. The predicted molar refractivity (Wildman–Crippen MR) is 130 cm³/mol. The number of amides is 2. The average molecular weight is 507 g/mol. The number of imide groups is 1. The molecule has 35 heavy (non-hydrogen) atoms. The Kier molecular flexibility index (Phi) is 6.50. The number of nitrogens with one attached hydrogen (secondary N) is 1. The Morgan fingerprint density at radius 1 is 1.20 bits per heavy atom. The smallest absolute Gasteiger partial charge is 0.271 e. The maximum absolute atomic E-state index is 12.9. The molecule has 11 heteroatoms. The Morgan fingerprint density at radius 3 is 2.57 bits per heavy atom. The molecule has 1 aromatic carbocycles. The molecule has 2 aromatic heterocycles.